The Morgan fingerprint density at radius 1 is 0.884 bits per heavy atom. The molecular formula is C32H30BrCl2N3O4S. The minimum Gasteiger partial charge on any atom is -0.355 e. The molecule has 4 aromatic carbocycles. The maximum atomic E-state index is 14.4. The normalized spacial score (nSPS) is 11.9. The van der Waals surface area contributed by atoms with Gasteiger partial charge in [-0.3, -0.25) is 13.9 Å². The zero-order valence-corrected chi connectivity index (χ0v) is 27.2. The molecule has 0 aromatic heterocycles. The molecule has 43 heavy (non-hydrogen) atoms. The Labute approximate surface area is 270 Å². The molecule has 0 bridgehead atoms. The second-order valence-electron chi connectivity index (χ2n) is 9.66. The number of nitrogens with zero attached hydrogens (tertiary/aromatic N) is 2. The molecule has 4 aromatic rings. The Bertz CT molecular complexity index is 1670. The van der Waals surface area contributed by atoms with Crippen LogP contribution >= 0.6 is 39.1 Å². The first-order valence-electron chi connectivity index (χ1n) is 13.5. The van der Waals surface area contributed by atoms with Crippen molar-refractivity contribution in [3.63, 3.8) is 0 Å². The summed E-state index contributed by atoms with van der Waals surface area (Å²) in [4.78, 5) is 29.3. The Hall–Kier alpha value is -3.37. The molecular weight excluding hydrogens is 673 g/mol. The van der Waals surface area contributed by atoms with Crippen LogP contribution in [0.25, 0.3) is 0 Å². The second-order valence-corrected chi connectivity index (χ2v) is 13.3. The molecule has 0 saturated heterocycles. The topological polar surface area (TPSA) is 86.8 Å². The molecule has 1 atom stereocenters. The van der Waals surface area contributed by atoms with Gasteiger partial charge in [0.15, 0.2) is 0 Å². The molecule has 7 nitrogen and oxygen atoms in total. The van der Waals surface area contributed by atoms with Crippen LogP contribution in [0.4, 0.5) is 5.69 Å². The van der Waals surface area contributed by atoms with Crippen molar-refractivity contribution in [2.75, 3.05) is 17.4 Å². The lowest BCUT2D eigenvalue weighted by molar-refractivity contribution is -0.140. The van der Waals surface area contributed by atoms with E-state index in [2.05, 4.69) is 21.2 Å². The number of hydrogen-bond donors (Lipinski definition) is 1. The maximum Gasteiger partial charge on any atom is 0.264 e. The number of rotatable bonds is 12. The molecule has 1 unspecified atom stereocenters. The fraction of sp³-hybridized carbons (Fsp3) is 0.188. The van der Waals surface area contributed by atoms with Gasteiger partial charge < -0.3 is 10.2 Å². The summed E-state index contributed by atoms with van der Waals surface area (Å²) in [5, 5.41) is 3.58. The van der Waals surface area contributed by atoms with Gasteiger partial charge in [0.25, 0.3) is 10.0 Å². The van der Waals surface area contributed by atoms with Gasteiger partial charge in [0.05, 0.1) is 10.6 Å². The number of carbonyl (C=O) groups excluding carboxylic acids is 2. The number of hydrogen-bond acceptors (Lipinski definition) is 4. The van der Waals surface area contributed by atoms with Crippen LogP contribution in [-0.2, 0) is 32.6 Å². The minimum atomic E-state index is -4.18. The Morgan fingerprint density at radius 2 is 1.56 bits per heavy atom. The Kier molecular flexibility index (Phi) is 11.3. The third kappa shape index (κ3) is 8.38. The van der Waals surface area contributed by atoms with E-state index in [1.807, 2.05) is 30.3 Å². The van der Waals surface area contributed by atoms with Gasteiger partial charge in [-0.15, -0.1) is 0 Å². The molecule has 0 saturated carbocycles. The monoisotopic (exact) mass is 701 g/mol. The van der Waals surface area contributed by atoms with Crippen molar-refractivity contribution in [3.05, 3.63) is 129 Å². The summed E-state index contributed by atoms with van der Waals surface area (Å²) < 4.78 is 29.6. The van der Waals surface area contributed by atoms with E-state index in [4.69, 9.17) is 23.2 Å². The van der Waals surface area contributed by atoms with E-state index in [0.29, 0.717) is 26.6 Å². The van der Waals surface area contributed by atoms with E-state index in [1.54, 1.807) is 67.6 Å². The van der Waals surface area contributed by atoms with Gasteiger partial charge in [0.1, 0.15) is 12.6 Å². The van der Waals surface area contributed by atoms with Crippen molar-refractivity contribution in [3.8, 4) is 0 Å². The number of amides is 2. The molecule has 0 aliphatic heterocycles. The number of carbonyl (C=O) groups is 2. The summed E-state index contributed by atoms with van der Waals surface area (Å²) in [6, 6.07) is 27.9. The average Bonchev–Trinajstić information content (AvgIpc) is 2.99. The summed E-state index contributed by atoms with van der Waals surface area (Å²) >= 11 is 16.1. The number of likely N-dealkylation sites (N-methyl/N-ethyl adjacent to an activating group) is 1. The van der Waals surface area contributed by atoms with E-state index < -0.39 is 28.5 Å². The molecule has 2 amide bonds. The molecule has 224 valence electrons. The molecule has 0 fully saturated rings. The second kappa shape index (κ2) is 14.9. The van der Waals surface area contributed by atoms with Crippen LogP contribution in [0, 0.1) is 0 Å². The zero-order valence-electron chi connectivity index (χ0n) is 23.3. The first-order valence-corrected chi connectivity index (χ1v) is 16.5. The molecule has 0 aliphatic carbocycles. The third-order valence-electron chi connectivity index (χ3n) is 6.68. The summed E-state index contributed by atoms with van der Waals surface area (Å²) in [5.41, 5.74) is 1.68. The number of halogens is 3. The van der Waals surface area contributed by atoms with Crippen LogP contribution in [0.15, 0.2) is 112 Å². The zero-order chi connectivity index (χ0) is 31.0. The number of nitrogens with one attached hydrogen (secondary N) is 1. The van der Waals surface area contributed by atoms with Gasteiger partial charge in [-0.25, -0.2) is 8.42 Å². The van der Waals surface area contributed by atoms with Gasteiger partial charge in [0.2, 0.25) is 11.8 Å². The van der Waals surface area contributed by atoms with Crippen molar-refractivity contribution in [1.29, 1.82) is 0 Å². The minimum absolute atomic E-state index is 0.0274. The summed E-state index contributed by atoms with van der Waals surface area (Å²) in [6.07, 6.45) is 0.200. The summed E-state index contributed by atoms with van der Waals surface area (Å²) in [6.45, 7) is 1.52. The summed E-state index contributed by atoms with van der Waals surface area (Å²) in [5.74, 6) is -0.956. The predicted octanol–water partition coefficient (Wildman–Crippen LogP) is 6.73. The number of sulfonamides is 1. The lowest BCUT2D eigenvalue weighted by atomic mass is 10.0. The average molecular weight is 703 g/mol. The molecule has 0 aliphatic rings. The van der Waals surface area contributed by atoms with Crippen molar-refractivity contribution < 1.29 is 18.0 Å². The first kappa shape index (κ1) is 32.5. The Balaban J connectivity index is 1.81. The highest BCUT2D eigenvalue weighted by Gasteiger charge is 2.34. The highest BCUT2D eigenvalue weighted by molar-refractivity contribution is 9.10. The van der Waals surface area contributed by atoms with Gasteiger partial charge in [-0.05, 0) is 60.5 Å². The largest absolute Gasteiger partial charge is 0.355 e. The molecule has 4 rings (SSSR count). The van der Waals surface area contributed by atoms with E-state index in [9.17, 15) is 18.0 Å². The number of anilines is 1. The predicted molar refractivity (Wildman–Crippen MR) is 175 cm³/mol. The third-order valence-corrected chi connectivity index (χ3v) is 9.55. The van der Waals surface area contributed by atoms with Gasteiger partial charge in [-0.1, -0.05) is 99.8 Å². The van der Waals surface area contributed by atoms with Crippen LogP contribution in [-0.4, -0.2) is 44.3 Å². The number of benzene rings is 4. The standard InChI is InChI=1S/C32H30BrCl2N3O4S/c1-2-36-32(40)30(18-23-10-5-3-6-11-23)37(21-24-16-17-26(34)20-29(24)35)31(39)22-38(27-13-9-12-25(33)19-27)43(41,42)28-14-7-4-8-15-28/h3-17,19-20,30H,2,18,21-22H2,1H3,(H,36,40). The highest BCUT2D eigenvalue weighted by atomic mass is 79.9. The van der Waals surface area contributed by atoms with Crippen LogP contribution < -0.4 is 9.62 Å². The first-order chi connectivity index (χ1) is 20.6. The van der Waals surface area contributed by atoms with Crippen molar-refractivity contribution in [2.24, 2.45) is 0 Å². The fourth-order valence-corrected chi connectivity index (χ4v) is 6.84. The van der Waals surface area contributed by atoms with Crippen molar-refractivity contribution >= 4 is 66.7 Å². The lowest BCUT2D eigenvalue weighted by Crippen LogP contribution is -2.53. The smallest absolute Gasteiger partial charge is 0.264 e. The van der Waals surface area contributed by atoms with Crippen molar-refractivity contribution in [2.45, 2.75) is 30.8 Å². The SMILES string of the molecule is CCNC(=O)C(Cc1ccccc1)N(Cc1ccc(Cl)cc1Cl)C(=O)CN(c1cccc(Br)c1)S(=O)(=O)c1ccccc1. The maximum absolute atomic E-state index is 14.4. The molecule has 0 spiro atoms. The fourth-order valence-electron chi connectivity index (χ4n) is 4.56. The molecule has 11 heteroatoms. The van der Waals surface area contributed by atoms with Crippen LogP contribution in [0.1, 0.15) is 18.1 Å². The Morgan fingerprint density at radius 3 is 2.19 bits per heavy atom. The highest BCUT2D eigenvalue weighted by Crippen LogP contribution is 2.28. The molecule has 1 N–H and O–H groups in total. The van der Waals surface area contributed by atoms with E-state index >= 15 is 0 Å². The molecule has 0 radical (unpaired) electrons. The van der Waals surface area contributed by atoms with Crippen LogP contribution in [0.5, 0.6) is 0 Å². The van der Waals surface area contributed by atoms with E-state index in [0.717, 1.165) is 9.87 Å². The van der Waals surface area contributed by atoms with Crippen LogP contribution in [0.2, 0.25) is 10.0 Å². The van der Waals surface area contributed by atoms with E-state index in [-0.39, 0.29) is 29.5 Å². The summed E-state index contributed by atoms with van der Waals surface area (Å²) in [7, 11) is -4.18. The van der Waals surface area contributed by atoms with Gasteiger partial charge in [0, 0.05) is 34.0 Å². The van der Waals surface area contributed by atoms with Crippen LogP contribution in [0.3, 0.4) is 0 Å². The molecule has 0 heterocycles. The van der Waals surface area contributed by atoms with Gasteiger partial charge in [-0.2, -0.15) is 0 Å². The van der Waals surface area contributed by atoms with Crippen molar-refractivity contribution in [1.82, 2.24) is 10.2 Å². The quantitative estimate of drug-likeness (QED) is 0.178. The lowest BCUT2D eigenvalue weighted by Gasteiger charge is -2.34. The van der Waals surface area contributed by atoms with E-state index in [1.165, 1.54) is 17.0 Å². The van der Waals surface area contributed by atoms with Gasteiger partial charge >= 0.3 is 0 Å².